The molecule has 1 aliphatic carbocycles. The summed E-state index contributed by atoms with van der Waals surface area (Å²) in [6, 6.07) is 6.09. The van der Waals surface area contributed by atoms with Crippen molar-refractivity contribution >= 4 is 0 Å². The summed E-state index contributed by atoms with van der Waals surface area (Å²) in [6.07, 6.45) is 2.35. The second-order valence-corrected chi connectivity index (χ2v) is 4.83. The van der Waals surface area contributed by atoms with E-state index in [0.717, 1.165) is 22.7 Å². The molecule has 0 aliphatic heterocycles. The largest absolute Gasteiger partial charge is 0.483 e. The van der Waals surface area contributed by atoms with Gasteiger partial charge in [-0.25, -0.2) is 0 Å². The van der Waals surface area contributed by atoms with Crippen molar-refractivity contribution in [1.29, 1.82) is 0 Å². The number of aromatic nitrogens is 2. The Hall–Kier alpha value is -1.84. The molecule has 94 valence electrons. The highest BCUT2D eigenvalue weighted by atomic mass is 16.5. The topological polar surface area (TPSA) is 48.2 Å². The number of benzene rings is 1. The van der Waals surface area contributed by atoms with E-state index in [1.165, 1.54) is 12.8 Å². The van der Waals surface area contributed by atoms with Crippen LogP contribution in [0.1, 0.15) is 41.6 Å². The van der Waals surface area contributed by atoms with Crippen LogP contribution in [0.3, 0.4) is 0 Å². The maximum atomic E-state index is 5.77. The lowest BCUT2D eigenvalue weighted by atomic mass is 10.1. The van der Waals surface area contributed by atoms with Crippen LogP contribution < -0.4 is 4.74 Å². The van der Waals surface area contributed by atoms with Crippen LogP contribution in [0.5, 0.6) is 5.75 Å². The number of para-hydroxylation sites is 1. The van der Waals surface area contributed by atoms with E-state index in [0.29, 0.717) is 18.4 Å². The van der Waals surface area contributed by atoms with E-state index in [1.54, 1.807) is 0 Å². The van der Waals surface area contributed by atoms with Gasteiger partial charge in [-0.3, -0.25) is 0 Å². The molecule has 1 aromatic carbocycles. The molecule has 0 bridgehead atoms. The van der Waals surface area contributed by atoms with E-state index < -0.39 is 0 Å². The van der Waals surface area contributed by atoms with Crippen LogP contribution in [0.25, 0.3) is 0 Å². The number of rotatable bonds is 4. The summed E-state index contributed by atoms with van der Waals surface area (Å²) in [6.45, 7) is 4.41. The first-order chi connectivity index (χ1) is 8.74. The summed E-state index contributed by atoms with van der Waals surface area (Å²) in [5.41, 5.74) is 2.24. The van der Waals surface area contributed by atoms with E-state index in [4.69, 9.17) is 9.26 Å². The van der Waals surface area contributed by atoms with E-state index in [9.17, 15) is 0 Å². The molecule has 0 atom stereocenters. The van der Waals surface area contributed by atoms with Gasteiger partial charge in [0.1, 0.15) is 5.75 Å². The molecule has 1 heterocycles. The Bertz CT molecular complexity index is 538. The van der Waals surface area contributed by atoms with Gasteiger partial charge in [0.15, 0.2) is 12.4 Å². The second kappa shape index (κ2) is 4.44. The van der Waals surface area contributed by atoms with Gasteiger partial charge >= 0.3 is 0 Å². The monoisotopic (exact) mass is 244 g/mol. The summed E-state index contributed by atoms with van der Waals surface area (Å²) in [7, 11) is 0. The lowest BCUT2D eigenvalue weighted by molar-refractivity contribution is 0.240. The van der Waals surface area contributed by atoms with Crippen LogP contribution in [0.2, 0.25) is 0 Å². The quantitative estimate of drug-likeness (QED) is 0.829. The van der Waals surface area contributed by atoms with Gasteiger partial charge in [0.2, 0.25) is 0 Å². The predicted octanol–water partition coefficient (Wildman–Crippen LogP) is 3.14. The molecule has 4 heteroatoms. The average molecular weight is 244 g/mol. The van der Waals surface area contributed by atoms with Gasteiger partial charge in [-0.2, -0.15) is 4.98 Å². The molecule has 4 nitrogen and oxygen atoms in total. The Morgan fingerprint density at radius 3 is 2.67 bits per heavy atom. The van der Waals surface area contributed by atoms with Gasteiger partial charge in [-0.15, -0.1) is 0 Å². The third-order valence-corrected chi connectivity index (χ3v) is 3.18. The molecular weight excluding hydrogens is 228 g/mol. The summed E-state index contributed by atoms with van der Waals surface area (Å²) in [4.78, 5) is 4.34. The van der Waals surface area contributed by atoms with Crippen molar-refractivity contribution in [2.45, 2.75) is 39.2 Å². The van der Waals surface area contributed by atoms with Crippen molar-refractivity contribution < 1.29 is 9.26 Å². The molecule has 3 rings (SSSR count). The van der Waals surface area contributed by atoms with Crippen molar-refractivity contribution in [1.82, 2.24) is 10.1 Å². The van der Waals surface area contributed by atoms with Crippen molar-refractivity contribution in [2.24, 2.45) is 0 Å². The molecule has 1 saturated carbocycles. The smallest absolute Gasteiger partial charge is 0.264 e. The highest BCUT2D eigenvalue weighted by molar-refractivity contribution is 5.39. The normalized spacial score (nSPS) is 14.8. The average Bonchev–Trinajstić information content (AvgIpc) is 3.09. The zero-order chi connectivity index (χ0) is 12.5. The fourth-order valence-corrected chi connectivity index (χ4v) is 1.99. The summed E-state index contributed by atoms with van der Waals surface area (Å²) in [5, 5.41) is 3.97. The Morgan fingerprint density at radius 2 is 2.00 bits per heavy atom. The number of ether oxygens (including phenoxy) is 1. The van der Waals surface area contributed by atoms with E-state index in [2.05, 4.69) is 10.1 Å². The minimum absolute atomic E-state index is 0.339. The van der Waals surface area contributed by atoms with Gasteiger partial charge in [0, 0.05) is 5.92 Å². The van der Waals surface area contributed by atoms with Crippen LogP contribution >= 0.6 is 0 Å². The lowest BCUT2D eigenvalue weighted by Crippen LogP contribution is -1.99. The minimum atomic E-state index is 0.339. The fourth-order valence-electron chi connectivity index (χ4n) is 1.99. The number of nitrogens with zero attached hydrogens (tertiary/aromatic N) is 2. The zero-order valence-corrected chi connectivity index (χ0v) is 10.6. The molecule has 0 radical (unpaired) electrons. The van der Waals surface area contributed by atoms with Crippen LogP contribution in [0.4, 0.5) is 0 Å². The highest BCUT2D eigenvalue weighted by Gasteiger charge is 2.28. The first-order valence-electron chi connectivity index (χ1n) is 6.25. The van der Waals surface area contributed by atoms with Crippen LogP contribution in [0.15, 0.2) is 22.7 Å². The molecule has 0 unspecified atom stereocenters. The second-order valence-electron chi connectivity index (χ2n) is 4.83. The molecule has 2 aromatic rings. The zero-order valence-electron chi connectivity index (χ0n) is 10.6. The Balaban J connectivity index is 1.69. The highest BCUT2D eigenvalue weighted by Crippen LogP contribution is 2.38. The van der Waals surface area contributed by atoms with Crippen molar-refractivity contribution in [3.8, 4) is 5.75 Å². The SMILES string of the molecule is Cc1cccc(C)c1OCc1nc(C2CC2)no1. The Kier molecular flexibility index (Phi) is 2.78. The first-order valence-corrected chi connectivity index (χ1v) is 6.25. The predicted molar refractivity (Wildman–Crippen MR) is 66.5 cm³/mol. The first kappa shape index (κ1) is 11.3. The molecule has 18 heavy (non-hydrogen) atoms. The molecule has 0 amide bonds. The van der Waals surface area contributed by atoms with Gasteiger partial charge in [0.25, 0.3) is 5.89 Å². The number of aryl methyl sites for hydroxylation is 2. The molecule has 0 spiro atoms. The van der Waals surface area contributed by atoms with E-state index in [-0.39, 0.29) is 0 Å². The maximum absolute atomic E-state index is 5.77. The molecule has 0 saturated heterocycles. The molecule has 1 aliphatic rings. The minimum Gasteiger partial charge on any atom is -0.483 e. The van der Waals surface area contributed by atoms with Crippen LogP contribution in [0, 0.1) is 13.8 Å². The van der Waals surface area contributed by atoms with Crippen molar-refractivity contribution in [2.75, 3.05) is 0 Å². The molecule has 0 N–H and O–H groups in total. The standard InChI is InChI=1S/C14H16N2O2/c1-9-4-3-5-10(2)13(9)17-8-12-15-14(16-18-12)11-6-7-11/h3-5,11H,6-8H2,1-2H3. The fraction of sp³-hybridized carbons (Fsp3) is 0.429. The van der Waals surface area contributed by atoms with E-state index >= 15 is 0 Å². The van der Waals surface area contributed by atoms with Gasteiger partial charge in [0.05, 0.1) is 0 Å². The van der Waals surface area contributed by atoms with Gasteiger partial charge < -0.3 is 9.26 Å². The Labute approximate surface area is 106 Å². The lowest BCUT2D eigenvalue weighted by Gasteiger charge is -2.09. The van der Waals surface area contributed by atoms with E-state index in [1.807, 2.05) is 32.0 Å². The van der Waals surface area contributed by atoms with Crippen LogP contribution in [-0.4, -0.2) is 10.1 Å². The molecule has 1 aromatic heterocycles. The molecule has 1 fully saturated rings. The third kappa shape index (κ3) is 2.23. The van der Waals surface area contributed by atoms with Crippen LogP contribution in [-0.2, 0) is 6.61 Å². The van der Waals surface area contributed by atoms with Crippen molar-refractivity contribution in [3.05, 3.63) is 41.0 Å². The maximum Gasteiger partial charge on any atom is 0.264 e. The van der Waals surface area contributed by atoms with Crippen molar-refractivity contribution in [3.63, 3.8) is 0 Å². The molecular formula is C14H16N2O2. The number of hydrogen-bond acceptors (Lipinski definition) is 4. The third-order valence-electron chi connectivity index (χ3n) is 3.18. The summed E-state index contributed by atoms with van der Waals surface area (Å²) < 4.78 is 11.0. The number of hydrogen-bond donors (Lipinski definition) is 0. The Morgan fingerprint density at radius 1 is 1.28 bits per heavy atom. The summed E-state index contributed by atoms with van der Waals surface area (Å²) in [5.74, 6) is 2.81. The van der Waals surface area contributed by atoms with Gasteiger partial charge in [-0.1, -0.05) is 23.4 Å². The summed E-state index contributed by atoms with van der Waals surface area (Å²) >= 11 is 0. The van der Waals surface area contributed by atoms with Gasteiger partial charge in [-0.05, 0) is 37.8 Å².